The van der Waals surface area contributed by atoms with Gasteiger partial charge >= 0.3 is 111 Å². The molecule has 0 radical (unpaired) electrons. The molecular weight excluding hydrogens is 303 g/mol. The Morgan fingerprint density at radius 1 is 1.56 bits per heavy atom. The van der Waals surface area contributed by atoms with Gasteiger partial charge in [-0.05, 0) is 0 Å². The standard InChI is InChI=1S/C10H16N4O3Se/c1-5(6-7(15)12-8(11)18-6)13-14-9(16)17-10(2,3)4/h6H,1-4H3,(H,14,16)(H2,11,12,15)/b13-5+. The van der Waals surface area contributed by atoms with E-state index in [1.54, 1.807) is 27.7 Å². The van der Waals surface area contributed by atoms with Crippen LogP contribution >= 0.6 is 0 Å². The van der Waals surface area contributed by atoms with Gasteiger partial charge in [-0.15, -0.1) is 0 Å². The maximum atomic E-state index is 11.4. The van der Waals surface area contributed by atoms with Crippen LogP contribution in [0.4, 0.5) is 4.79 Å². The molecule has 1 atom stereocenters. The molecule has 8 heteroatoms. The second-order valence-electron chi connectivity index (χ2n) is 4.68. The van der Waals surface area contributed by atoms with Gasteiger partial charge in [-0.1, -0.05) is 0 Å². The molecule has 1 unspecified atom stereocenters. The Morgan fingerprint density at radius 2 is 2.17 bits per heavy atom. The third kappa shape index (κ3) is 4.46. The molecule has 18 heavy (non-hydrogen) atoms. The average Bonchev–Trinajstić information content (AvgIpc) is 2.52. The van der Waals surface area contributed by atoms with Crippen molar-refractivity contribution in [1.82, 2.24) is 10.7 Å². The number of carbonyl (C=O) groups is 2. The summed E-state index contributed by atoms with van der Waals surface area (Å²) in [5.74, 6) is -0.243. The number of rotatable bonds is 2. The molecule has 0 aromatic carbocycles. The van der Waals surface area contributed by atoms with Crippen LogP contribution in [0.15, 0.2) is 5.10 Å². The van der Waals surface area contributed by atoms with Crippen molar-refractivity contribution in [2.24, 2.45) is 5.10 Å². The number of carbonyl (C=O) groups excluding carboxylic acids is 2. The zero-order chi connectivity index (χ0) is 13.9. The second-order valence-corrected chi connectivity index (χ2v) is 7.02. The summed E-state index contributed by atoms with van der Waals surface area (Å²) in [6.07, 6.45) is -0.664. The normalized spacial score (nSPS) is 20.7. The van der Waals surface area contributed by atoms with Crippen molar-refractivity contribution >= 4 is 37.4 Å². The summed E-state index contributed by atoms with van der Waals surface area (Å²) in [5, 5.41) is 13.6. The van der Waals surface area contributed by atoms with E-state index in [0.717, 1.165) is 0 Å². The van der Waals surface area contributed by atoms with Gasteiger partial charge in [0, 0.05) is 0 Å². The Bertz CT molecular complexity index is 414. The fraction of sp³-hybridized carbons (Fsp3) is 0.600. The van der Waals surface area contributed by atoms with E-state index in [4.69, 9.17) is 10.1 Å². The van der Waals surface area contributed by atoms with Gasteiger partial charge in [0.15, 0.2) is 0 Å². The molecule has 1 fully saturated rings. The third-order valence-electron chi connectivity index (χ3n) is 1.81. The van der Waals surface area contributed by atoms with Crippen LogP contribution in [0, 0.1) is 5.41 Å². The van der Waals surface area contributed by atoms with E-state index in [9.17, 15) is 9.59 Å². The number of hydrazone groups is 1. The first kappa shape index (κ1) is 14.7. The quantitative estimate of drug-likeness (QED) is 0.391. The van der Waals surface area contributed by atoms with Crippen LogP contribution in [0.2, 0.25) is 4.82 Å². The zero-order valence-corrected chi connectivity index (χ0v) is 12.4. The van der Waals surface area contributed by atoms with E-state index >= 15 is 0 Å². The third-order valence-corrected chi connectivity index (χ3v) is 4.18. The van der Waals surface area contributed by atoms with E-state index in [0.29, 0.717) is 5.71 Å². The number of hydrogen-bond acceptors (Lipinski definition) is 5. The number of ether oxygens (including phenoxy) is 1. The first-order chi connectivity index (χ1) is 8.19. The fourth-order valence-electron chi connectivity index (χ4n) is 1.15. The summed E-state index contributed by atoms with van der Waals surface area (Å²) < 4.78 is 5.23. The summed E-state index contributed by atoms with van der Waals surface area (Å²) in [4.78, 5) is 22.4. The van der Waals surface area contributed by atoms with Gasteiger partial charge in [0.1, 0.15) is 0 Å². The van der Waals surface area contributed by atoms with Crippen LogP contribution in [0.5, 0.6) is 0 Å². The summed E-state index contributed by atoms with van der Waals surface area (Å²) >= 11 is -0.291. The molecule has 1 aliphatic heterocycles. The number of nitrogens with zero attached hydrogens (tertiary/aromatic N) is 1. The van der Waals surface area contributed by atoms with Crippen molar-refractivity contribution in [1.29, 1.82) is 5.41 Å². The number of hydrogen-bond donors (Lipinski definition) is 3. The van der Waals surface area contributed by atoms with Crippen molar-refractivity contribution in [3.05, 3.63) is 0 Å². The van der Waals surface area contributed by atoms with E-state index in [-0.39, 0.29) is 25.6 Å². The Kier molecular flexibility index (Phi) is 4.47. The van der Waals surface area contributed by atoms with E-state index in [1.807, 2.05) is 0 Å². The van der Waals surface area contributed by atoms with Gasteiger partial charge in [0.2, 0.25) is 0 Å². The first-order valence-corrected chi connectivity index (χ1v) is 7.13. The Labute approximate surface area is 111 Å². The Balaban J connectivity index is 2.55. The molecule has 0 bridgehead atoms. The van der Waals surface area contributed by atoms with E-state index < -0.39 is 16.5 Å². The molecule has 1 saturated heterocycles. The van der Waals surface area contributed by atoms with Gasteiger partial charge < -0.3 is 0 Å². The molecule has 1 heterocycles. The zero-order valence-electron chi connectivity index (χ0n) is 10.7. The SMILES string of the molecule is C/C(=N\NC(=O)OC(C)(C)C)C1[Se]C(=N)NC1=O. The second kappa shape index (κ2) is 5.49. The summed E-state index contributed by atoms with van der Waals surface area (Å²) in [6.45, 7) is 6.88. The van der Waals surface area contributed by atoms with Crippen LogP contribution in [0.3, 0.4) is 0 Å². The molecule has 0 aromatic heterocycles. The van der Waals surface area contributed by atoms with Crippen LogP contribution in [0.25, 0.3) is 0 Å². The molecule has 2 amide bonds. The number of nitrogens with one attached hydrogen (secondary N) is 3. The average molecular weight is 319 g/mol. The van der Waals surface area contributed by atoms with Gasteiger partial charge in [0.25, 0.3) is 0 Å². The van der Waals surface area contributed by atoms with Crippen LogP contribution in [0.1, 0.15) is 27.7 Å². The van der Waals surface area contributed by atoms with Crippen LogP contribution < -0.4 is 10.7 Å². The van der Waals surface area contributed by atoms with Gasteiger partial charge in [-0.3, -0.25) is 0 Å². The number of amides is 2. The minimum atomic E-state index is -0.664. The molecular formula is C10H16N4O3Se. The molecule has 100 valence electrons. The van der Waals surface area contributed by atoms with Crippen LogP contribution in [-0.4, -0.2) is 43.0 Å². The van der Waals surface area contributed by atoms with Gasteiger partial charge in [0.05, 0.1) is 0 Å². The Hall–Kier alpha value is -1.40. The topological polar surface area (TPSA) is 104 Å². The summed E-state index contributed by atoms with van der Waals surface area (Å²) in [7, 11) is 0. The summed E-state index contributed by atoms with van der Waals surface area (Å²) in [5.41, 5.74) is 2.12. The van der Waals surface area contributed by atoms with Crippen LogP contribution in [-0.2, 0) is 9.53 Å². The summed E-state index contributed by atoms with van der Waals surface area (Å²) in [6, 6.07) is 0. The van der Waals surface area contributed by atoms with Crippen molar-refractivity contribution in [2.45, 2.75) is 38.1 Å². The number of amidine groups is 1. The predicted octanol–water partition coefficient (Wildman–Crippen LogP) is 0.444. The molecule has 1 aliphatic rings. The molecule has 7 nitrogen and oxygen atoms in total. The van der Waals surface area contributed by atoms with Crippen molar-refractivity contribution in [3.63, 3.8) is 0 Å². The van der Waals surface area contributed by atoms with Crippen molar-refractivity contribution < 1.29 is 14.3 Å². The van der Waals surface area contributed by atoms with Gasteiger partial charge in [-0.2, -0.15) is 0 Å². The minimum absolute atomic E-state index is 0.226. The van der Waals surface area contributed by atoms with Crippen molar-refractivity contribution in [3.8, 4) is 0 Å². The molecule has 0 aliphatic carbocycles. The molecule has 0 aromatic rings. The first-order valence-electron chi connectivity index (χ1n) is 5.28. The van der Waals surface area contributed by atoms with Gasteiger partial charge in [-0.25, -0.2) is 0 Å². The maximum absolute atomic E-state index is 11.4. The van der Waals surface area contributed by atoms with E-state index in [1.165, 1.54) is 0 Å². The Morgan fingerprint density at radius 3 is 2.61 bits per heavy atom. The molecule has 3 N–H and O–H groups in total. The fourth-order valence-corrected chi connectivity index (χ4v) is 2.79. The molecule has 0 saturated carbocycles. The predicted molar refractivity (Wildman–Crippen MR) is 67.9 cm³/mol. The monoisotopic (exact) mass is 320 g/mol. The van der Waals surface area contributed by atoms with Crippen molar-refractivity contribution in [2.75, 3.05) is 0 Å². The molecule has 1 rings (SSSR count). The molecule has 0 spiro atoms. The van der Waals surface area contributed by atoms with E-state index in [2.05, 4.69) is 15.8 Å².